The zero-order valence-electron chi connectivity index (χ0n) is 19.5. The number of Topliss-reactive ketones (excluding diaryl/α,β-unsaturated/α-hetero) is 1. The zero-order valence-corrected chi connectivity index (χ0v) is 22.1. The van der Waals surface area contributed by atoms with Gasteiger partial charge in [0.1, 0.15) is 18.2 Å². The lowest BCUT2D eigenvalue weighted by Crippen LogP contribution is -2.42. The van der Waals surface area contributed by atoms with Gasteiger partial charge >= 0.3 is 8.80 Å². The van der Waals surface area contributed by atoms with Gasteiger partial charge in [-0.15, -0.1) is 0 Å². The molecule has 1 aromatic rings. The van der Waals surface area contributed by atoms with Gasteiger partial charge < -0.3 is 17.8 Å². The Morgan fingerprint density at radius 1 is 1.19 bits per heavy atom. The lowest BCUT2D eigenvalue weighted by Gasteiger charge is -2.25. The van der Waals surface area contributed by atoms with Crippen LogP contribution >= 0.6 is 11.8 Å². The summed E-state index contributed by atoms with van der Waals surface area (Å²) < 4.78 is 50.5. The molecular formula is C19H38N2O7S2Si. The molecule has 0 aliphatic carbocycles. The van der Waals surface area contributed by atoms with Crippen molar-refractivity contribution in [2.24, 2.45) is 5.41 Å². The number of H-pyrrole nitrogens is 1. The van der Waals surface area contributed by atoms with E-state index in [2.05, 4.69) is 16.5 Å². The Kier molecular flexibility index (Phi) is 14.8. The van der Waals surface area contributed by atoms with Crippen LogP contribution in [0.1, 0.15) is 40.0 Å². The molecule has 0 saturated heterocycles. The molecule has 0 atom stereocenters. The number of aromatic amines is 1. The second kappa shape index (κ2) is 15.1. The first-order valence-corrected chi connectivity index (χ1v) is 14.8. The summed E-state index contributed by atoms with van der Waals surface area (Å²) in [4.78, 5) is 14.9. The third kappa shape index (κ3) is 14.8. The molecule has 0 aliphatic heterocycles. The standard InChI is InChI=1S/C14H30O7S2Si.C5H8N2/c1-14(2,12-23(16,17)18)11-13(15)7-9-22-8-6-10-24(19-3,20-4)21-5;1-2-7-4-3-6-5-7/h6-12H2,1-5H3,(H,16,17,18);3-5H,2H2,1H3. The van der Waals surface area contributed by atoms with Crippen LogP contribution in [-0.2, 0) is 34.7 Å². The smallest absolute Gasteiger partial charge is 0.500 e. The second-order valence-electron chi connectivity index (χ2n) is 7.78. The molecule has 0 bridgehead atoms. The Morgan fingerprint density at radius 2 is 1.81 bits per heavy atom. The summed E-state index contributed by atoms with van der Waals surface area (Å²) in [5, 5.41) is 0. The van der Waals surface area contributed by atoms with Crippen LogP contribution in [0.25, 0.3) is 0 Å². The minimum atomic E-state index is -4.32. The first-order valence-electron chi connectivity index (χ1n) is 10.1. The van der Waals surface area contributed by atoms with Crippen LogP contribution < -0.4 is 4.57 Å². The Labute approximate surface area is 192 Å². The van der Waals surface area contributed by atoms with Crippen molar-refractivity contribution in [1.82, 2.24) is 4.98 Å². The number of carbonyl (C=O) groups excluding carboxylic acids is 1. The van der Waals surface area contributed by atoms with Gasteiger partial charge in [-0.25, -0.2) is 13.0 Å². The van der Waals surface area contributed by atoms with Crippen molar-refractivity contribution in [2.75, 3.05) is 38.6 Å². The molecule has 1 heterocycles. The molecule has 9 nitrogen and oxygen atoms in total. The van der Waals surface area contributed by atoms with Gasteiger partial charge in [-0.05, 0) is 24.5 Å². The summed E-state index contributed by atoms with van der Waals surface area (Å²) in [6.45, 7) is 6.40. The molecule has 0 unspecified atom stereocenters. The number of nitrogens with zero attached hydrogens (tertiary/aromatic N) is 1. The molecule has 0 aromatic carbocycles. The van der Waals surface area contributed by atoms with Gasteiger partial charge in [-0.3, -0.25) is 9.78 Å². The maximum absolute atomic E-state index is 11.9. The number of imidazole rings is 1. The van der Waals surface area contributed by atoms with Crippen LogP contribution in [0.4, 0.5) is 0 Å². The Balaban J connectivity index is 0.00000107. The fourth-order valence-corrected chi connectivity index (χ4v) is 6.87. The van der Waals surface area contributed by atoms with Crippen LogP contribution in [0, 0.1) is 5.41 Å². The van der Waals surface area contributed by atoms with Crippen LogP contribution in [0.2, 0.25) is 6.04 Å². The third-order valence-corrected chi connectivity index (χ3v) is 9.48. The van der Waals surface area contributed by atoms with Crippen molar-refractivity contribution in [3.8, 4) is 0 Å². The first kappa shape index (κ1) is 30.2. The number of thioether (sulfide) groups is 1. The average Bonchev–Trinajstić information content (AvgIpc) is 3.20. The number of hydrogen-bond acceptors (Lipinski definition) is 8. The van der Waals surface area contributed by atoms with E-state index in [1.807, 2.05) is 18.7 Å². The van der Waals surface area contributed by atoms with Crippen molar-refractivity contribution in [3.05, 3.63) is 18.7 Å². The molecule has 1 N–H and O–H groups in total. The first-order chi connectivity index (χ1) is 14.4. The summed E-state index contributed by atoms with van der Waals surface area (Å²) in [5.74, 6) is 0.985. The van der Waals surface area contributed by atoms with Gasteiger partial charge in [-0.1, -0.05) is 13.8 Å². The molecule has 12 heteroatoms. The Hall–Kier alpha value is -0.763. The van der Waals surface area contributed by atoms with E-state index in [4.69, 9.17) is 13.3 Å². The van der Waals surface area contributed by atoms with Crippen molar-refractivity contribution in [1.29, 1.82) is 0 Å². The summed E-state index contributed by atoms with van der Waals surface area (Å²) in [5.41, 5.74) is -0.817. The second-order valence-corrected chi connectivity index (χ2v) is 13.5. The SMILES string of the molecule is CC[n+]1cc[nH]c1.CO[Si](CCCSCCC(=O)CC(C)(C)CS(=O)(=O)[O-])(OC)OC. The molecule has 0 aliphatic rings. The van der Waals surface area contributed by atoms with Gasteiger partial charge in [0.15, 0.2) is 0 Å². The predicted molar refractivity (Wildman–Crippen MR) is 123 cm³/mol. The van der Waals surface area contributed by atoms with Crippen molar-refractivity contribution < 1.29 is 35.6 Å². The van der Waals surface area contributed by atoms with E-state index in [0.29, 0.717) is 18.2 Å². The van der Waals surface area contributed by atoms with Crippen LogP contribution in [-0.4, -0.2) is 71.1 Å². The number of carbonyl (C=O) groups is 1. The highest BCUT2D eigenvalue weighted by molar-refractivity contribution is 7.99. The summed E-state index contributed by atoms with van der Waals surface area (Å²) in [7, 11) is -2.11. The largest absolute Gasteiger partial charge is 0.748 e. The van der Waals surface area contributed by atoms with E-state index in [-0.39, 0.29) is 12.2 Å². The van der Waals surface area contributed by atoms with E-state index >= 15 is 0 Å². The number of aromatic nitrogens is 2. The molecule has 0 fully saturated rings. The molecule has 0 saturated carbocycles. The number of aryl methyl sites for hydroxylation is 1. The molecule has 1 rings (SSSR count). The van der Waals surface area contributed by atoms with E-state index in [9.17, 15) is 17.8 Å². The van der Waals surface area contributed by atoms with Gasteiger partial charge in [0.25, 0.3) is 0 Å². The van der Waals surface area contributed by atoms with E-state index in [1.54, 1.807) is 46.9 Å². The van der Waals surface area contributed by atoms with Crippen molar-refractivity contribution in [3.63, 3.8) is 0 Å². The monoisotopic (exact) mass is 498 g/mol. The summed E-state index contributed by atoms with van der Waals surface area (Å²) >= 11 is 1.65. The molecule has 182 valence electrons. The fourth-order valence-electron chi connectivity index (χ4n) is 2.90. The van der Waals surface area contributed by atoms with Gasteiger partial charge in [0, 0.05) is 51.7 Å². The lowest BCUT2D eigenvalue weighted by atomic mass is 9.89. The van der Waals surface area contributed by atoms with Gasteiger partial charge in [0.2, 0.25) is 6.33 Å². The third-order valence-electron chi connectivity index (χ3n) is 4.44. The summed E-state index contributed by atoms with van der Waals surface area (Å²) in [6.07, 6.45) is 7.17. The highest BCUT2D eigenvalue weighted by Crippen LogP contribution is 2.24. The van der Waals surface area contributed by atoms with Crippen molar-refractivity contribution >= 4 is 36.5 Å². The lowest BCUT2D eigenvalue weighted by molar-refractivity contribution is -0.692. The van der Waals surface area contributed by atoms with Crippen molar-refractivity contribution in [2.45, 2.75) is 52.6 Å². The normalized spacial score (nSPS) is 12.4. The van der Waals surface area contributed by atoms with E-state index in [0.717, 1.165) is 18.7 Å². The zero-order chi connectivity index (χ0) is 24.0. The minimum absolute atomic E-state index is 0.0226. The van der Waals surface area contributed by atoms with E-state index < -0.39 is 30.1 Å². The van der Waals surface area contributed by atoms with Gasteiger partial charge in [0.05, 0.1) is 16.7 Å². The summed E-state index contributed by atoms with van der Waals surface area (Å²) in [6, 6.07) is 0.714. The Bertz CT molecular complexity index is 701. The topological polar surface area (TPSA) is 122 Å². The van der Waals surface area contributed by atoms with Crippen LogP contribution in [0.3, 0.4) is 0 Å². The van der Waals surface area contributed by atoms with Crippen LogP contribution in [0.5, 0.6) is 0 Å². The molecule has 0 amide bonds. The minimum Gasteiger partial charge on any atom is -0.748 e. The fraction of sp³-hybridized carbons (Fsp3) is 0.789. The van der Waals surface area contributed by atoms with E-state index in [1.165, 1.54) is 0 Å². The number of hydrogen-bond donors (Lipinski definition) is 1. The quantitative estimate of drug-likeness (QED) is 0.169. The predicted octanol–water partition coefficient (Wildman–Crippen LogP) is 2.23. The van der Waals surface area contributed by atoms with Crippen LogP contribution in [0.15, 0.2) is 18.7 Å². The highest BCUT2D eigenvalue weighted by Gasteiger charge is 2.36. The maximum Gasteiger partial charge on any atom is 0.500 e. The highest BCUT2D eigenvalue weighted by atomic mass is 32.2. The Morgan fingerprint density at radius 3 is 2.23 bits per heavy atom. The number of rotatable bonds is 15. The molecular weight excluding hydrogens is 460 g/mol. The maximum atomic E-state index is 11.9. The number of ketones is 1. The molecule has 0 radical (unpaired) electrons. The average molecular weight is 499 g/mol. The van der Waals surface area contributed by atoms with Gasteiger partial charge in [-0.2, -0.15) is 11.8 Å². The molecule has 1 aromatic heterocycles. The number of nitrogens with one attached hydrogen (secondary N) is 1. The molecule has 31 heavy (non-hydrogen) atoms. The molecule has 0 spiro atoms.